The van der Waals surface area contributed by atoms with Gasteiger partial charge in [0.15, 0.2) is 0 Å². The second kappa shape index (κ2) is 5.78. The van der Waals surface area contributed by atoms with Gasteiger partial charge in [-0.05, 0) is 43.2 Å². The highest BCUT2D eigenvalue weighted by atomic mass is 16.5. The molecular weight excluding hydrogens is 250 g/mol. The molecule has 0 atom stereocenters. The minimum Gasteiger partial charge on any atom is -0.465 e. The molecule has 2 aromatic carbocycles. The summed E-state index contributed by atoms with van der Waals surface area (Å²) in [7, 11) is 3.36. The standard InChI is InChI=1S/C17H19NO2/c1-12-8-7-11-15(13(12)2)18(3)16-10-6-5-9-14(16)17(19)20-4/h5-11H,1-4H3. The Morgan fingerprint density at radius 1 is 1.00 bits per heavy atom. The molecule has 20 heavy (non-hydrogen) atoms. The van der Waals surface area contributed by atoms with Crippen molar-refractivity contribution >= 4 is 17.3 Å². The topological polar surface area (TPSA) is 29.5 Å². The molecule has 0 aliphatic rings. The van der Waals surface area contributed by atoms with Crippen molar-refractivity contribution in [1.82, 2.24) is 0 Å². The molecule has 0 aliphatic carbocycles. The van der Waals surface area contributed by atoms with Crippen molar-refractivity contribution in [3.8, 4) is 0 Å². The van der Waals surface area contributed by atoms with Crippen LogP contribution in [0.25, 0.3) is 0 Å². The van der Waals surface area contributed by atoms with E-state index in [1.54, 1.807) is 6.07 Å². The molecule has 104 valence electrons. The molecule has 0 radical (unpaired) electrons. The van der Waals surface area contributed by atoms with Crippen molar-refractivity contribution in [1.29, 1.82) is 0 Å². The number of para-hydroxylation sites is 1. The second-order valence-corrected chi connectivity index (χ2v) is 4.79. The zero-order valence-electron chi connectivity index (χ0n) is 12.3. The molecule has 0 saturated heterocycles. The summed E-state index contributed by atoms with van der Waals surface area (Å²) >= 11 is 0. The quantitative estimate of drug-likeness (QED) is 0.792. The van der Waals surface area contributed by atoms with E-state index in [4.69, 9.17) is 4.74 Å². The molecule has 2 rings (SSSR count). The summed E-state index contributed by atoms with van der Waals surface area (Å²) in [5.74, 6) is -0.322. The lowest BCUT2D eigenvalue weighted by atomic mass is 10.1. The van der Waals surface area contributed by atoms with E-state index in [2.05, 4.69) is 26.0 Å². The fourth-order valence-corrected chi connectivity index (χ4v) is 2.28. The largest absolute Gasteiger partial charge is 0.465 e. The van der Waals surface area contributed by atoms with E-state index in [1.165, 1.54) is 18.2 Å². The molecule has 3 heteroatoms. The van der Waals surface area contributed by atoms with Gasteiger partial charge in [-0.3, -0.25) is 0 Å². The Morgan fingerprint density at radius 2 is 1.65 bits per heavy atom. The summed E-state index contributed by atoms with van der Waals surface area (Å²) in [6.07, 6.45) is 0. The van der Waals surface area contributed by atoms with Gasteiger partial charge in [0.25, 0.3) is 0 Å². The first kappa shape index (κ1) is 14.1. The zero-order chi connectivity index (χ0) is 14.7. The maximum absolute atomic E-state index is 11.9. The number of benzene rings is 2. The van der Waals surface area contributed by atoms with Gasteiger partial charge >= 0.3 is 5.97 Å². The van der Waals surface area contributed by atoms with Crippen molar-refractivity contribution in [3.05, 3.63) is 59.2 Å². The Morgan fingerprint density at radius 3 is 2.35 bits per heavy atom. The van der Waals surface area contributed by atoms with Gasteiger partial charge in [-0.25, -0.2) is 4.79 Å². The summed E-state index contributed by atoms with van der Waals surface area (Å²) < 4.78 is 4.85. The Bertz CT molecular complexity index is 635. The molecule has 0 aliphatic heterocycles. The molecule has 0 N–H and O–H groups in total. The van der Waals surface area contributed by atoms with Gasteiger partial charge in [0.2, 0.25) is 0 Å². The normalized spacial score (nSPS) is 10.2. The monoisotopic (exact) mass is 269 g/mol. The number of carbonyl (C=O) groups is 1. The SMILES string of the molecule is COC(=O)c1ccccc1N(C)c1cccc(C)c1C. The number of hydrogen-bond donors (Lipinski definition) is 0. The Hall–Kier alpha value is -2.29. The predicted octanol–water partition coefficient (Wildman–Crippen LogP) is 3.86. The van der Waals surface area contributed by atoms with Gasteiger partial charge in [0.1, 0.15) is 0 Å². The van der Waals surface area contributed by atoms with Crippen molar-refractivity contribution in [3.63, 3.8) is 0 Å². The highest BCUT2D eigenvalue weighted by Crippen LogP contribution is 2.30. The number of methoxy groups -OCH3 is 1. The third kappa shape index (κ3) is 2.52. The summed E-state index contributed by atoms with van der Waals surface area (Å²) in [4.78, 5) is 13.9. The van der Waals surface area contributed by atoms with Crippen LogP contribution in [0.2, 0.25) is 0 Å². The first-order chi connectivity index (χ1) is 9.56. The van der Waals surface area contributed by atoms with Crippen molar-refractivity contribution in [2.24, 2.45) is 0 Å². The third-order valence-corrected chi connectivity index (χ3v) is 3.61. The summed E-state index contributed by atoms with van der Waals surface area (Å²) in [6, 6.07) is 13.6. The first-order valence-corrected chi connectivity index (χ1v) is 6.53. The molecule has 3 nitrogen and oxygen atoms in total. The van der Waals surface area contributed by atoms with Gasteiger partial charge in [0, 0.05) is 12.7 Å². The number of carbonyl (C=O) groups excluding carboxylic acids is 1. The highest BCUT2D eigenvalue weighted by Gasteiger charge is 2.16. The number of anilines is 2. The average Bonchev–Trinajstić information content (AvgIpc) is 2.48. The number of rotatable bonds is 3. The average molecular weight is 269 g/mol. The van der Waals surface area contributed by atoms with Crippen LogP contribution in [0.3, 0.4) is 0 Å². The lowest BCUT2D eigenvalue weighted by Crippen LogP contribution is -2.16. The molecule has 0 saturated carbocycles. The lowest BCUT2D eigenvalue weighted by Gasteiger charge is -2.24. The number of aryl methyl sites for hydroxylation is 1. The molecule has 0 spiro atoms. The van der Waals surface area contributed by atoms with Crippen LogP contribution in [0.4, 0.5) is 11.4 Å². The molecule has 0 bridgehead atoms. The van der Waals surface area contributed by atoms with Gasteiger partial charge in [0.05, 0.1) is 18.4 Å². The number of hydrogen-bond acceptors (Lipinski definition) is 3. The van der Waals surface area contributed by atoms with Gasteiger partial charge in [-0.1, -0.05) is 24.3 Å². The van der Waals surface area contributed by atoms with Crippen LogP contribution in [-0.4, -0.2) is 20.1 Å². The smallest absolute Gasteiger partial charge is 0.339 e. The van der Waals surface area contributed by atoms with E-state index in [-0.39, 0.29) is 5.97 Å². The van der Waals surface area contributed by atoms with Crippen molar-refractivity contribution < 1.29 is 9.53 Å². The molecule has 0 unspecified atom stereocenters. The summed E-state index contributed by atoms with van der Waals surface area (Å²) in [6.45, 7) is 4.17. The van der Waals surface area contributed by atoms with E-state index in [0.29, 0.717) is 5.56 Å². The summed E-state index contributed by atoms with van der Waals surface area (Å²) in [5.41, 5.74) is 4.92. The van der Waals surface area contributed by atoms with E-state index in [9.17, 15) is 4.79 Å². The van der Waals surface area contributed by atoms with E-state index >= 15 is 0 Å². The highest BCUT2D eigenvalue weighted by molar-refractivity contribution is 5.97. The zero-order valence-corrected chi connectivity index (χ0v) is 12.3. The van der Waals surface area contributed by atoms with Crippen molar-refractivity contribution in [2.45, 2.75) is 13.8 Å². The second-order valence-electron chi connectivity index (χ2n) is 4.79. The van der Waals surface area contributed by atoms with Gasteiger partial charge in [-0.2, -0.15) is 0 Å². The van der Waals surface area contributed by atoms with Crippen LogP contribution in [0, 0.1) is 13.8 Å². The van der Waals surface area contributed by atoms with E-state index in [0.717, 1.165) is 11.4 Å². The molecule has 0 heterocycles. The number of nitrogens with zero attached hydrogens (tertiary/aromatic N) is 1. The number of ether oxygens (including phenoxy) is 1. The van der Waals surface area contributed by atoms with Gasteiger partial charge in [-0.15, -0.1) is 0 Å². The third-order valence-electron chi connectivity index (χ3n) is 3.61. The molecule has 0 amide bonds. The maximum Gasteiger partial charge on any atom is 0.339 e. The van der Waals surface area contributed by atoms with Gasteiger partial charge < -0.3 is 9.64 Å². The first-order valence-electron chi connectivity index (χ1n) is 6.53. The number of esters is 1. The lowest BCUT2D eigenvalue weighted by molar-refractivity contribution is 0.0601. The fraction of sp³-hybridized carbons (Fsp3) is 0.235. The van der Waals surface area contributed by atoms with Crippen LogP contribution < -0.4 is 4.90 Å². The molecule has 0 fully saturated rings. The Kier molecular flexibility index (Phi) is 4.08. The van der Waals surface area contributed by atoms with Crippen LogP contribution in [0.1, 0.15) is 21.5 Å². The summed E-state index contributed by atoms with van der Waals surface area (Å²) in [5, 5.41) is 0. The Balaban J connectivity index is 2.51. The molecule has 2 aromatic rings. The predicted molar refractivity (Wildman–Crippen MR) is 81.8 cm³/mol. The van der Waals surface area contributed by atoms with E-state index < -0.39 is 0 Å². The minimum atomic E-state index is -0.322. The molecular formula is C17H19NO2. The van der Waals surface area contributed by atoms with Crippen LogP contribution >= 0.6 is 0 Å². The van der Waals surface area contributed by atoms with Crippen LogP contribution in [0.15, 0.2) is 42.5 Å². The maximum atomic E-state index is 11.9. The van der Waals surface area contributed by atoms with Crippen molar-refractivity contribution in [2.75, 3.05) is 19.1 Å². The molecule has 0 aromatic heterocycles. The Labute approximate surface area is 119 Å². The van der Waals surface area contributed by atoms with Crippen LogP contribution in [-0.2, 0) is 4.74 Å². The van der Waals surface area contributed by atoms with Crippen LogP contribution in [0.5, 0.6) is 0 Å². The van der Waals surface area contributed by atoms with E-state index in [1.807, 2.05) is 36.2 Å². The minimum absolute atomic E-state index is 0.322. The fourth-order valence-electron chi connectivity index (χ4n) is 2.28.